The van der Waals surface area contributed by atoms with Gasteiger partial charge >= 0.3 is 101 Å². The van der Waals surface area contributed by atoms with Crippen LogP contribution in [-0.4, -0.2) is 25.7 Å². The fourth-order valence-electron chi connectivity index (χ4n) is 3.48. The van der Waals surface area contributed by atoms with E-state index in [1.807, 2.05) is 0 Å². The van der Waals surface area contributed by atoms with E-state index in [1.165, 1.54) is 12.8 Å². The van der Waals surface area contributed by atoms with Gasteiger partial charge in [0.05, 0.1) is 0 Å². The first-order valence-electron chi connectivity index (χ1n) is 5.96. The van der Waals surface area contributed by atoms with Crippen LogP contribution in [0.1, 0.15) is 53.9 Å². The van der Waals surface area contributed by atoms with E-state index in [-0.39, 0.29) is 9.73 Å². The summed E-state index contributed by atoms with van der Waals surface area (Å²) in [5.74, 6) is 2.68. The minimum atomic E-state index is -0.493. The molecular weight excluding hydrogens is 251 g/mol. The van der Waals surface area contributed by atoms with E-state index < -0.39 is 5.60 Å². The molecule has 0 saturated heterocycles. The maximum atomic E-state index is 11.2. The molecule has 1 rings (SSSR count). The molecule has 0 aliphatic heterocycles. The molecule has 1 aliphatic rings. The Morgan fingerprint density at radius 1 is 1.33 bits per heavy atom. The second-order valence-corrected chi connectivity index (χ2v) is 9.16. The topological polar surface area (TPSA) is 20.2 Å². The van der Waals surface area contributed by atoms with E-state index in [9.17, 15) is 5.11 Å². The van der Waals surface area contributed by atoms with Crippen molar-refractivity contribution in [3.8, 4) is 0 Å². The van der Waals surface area contributed by atoms with E-state index in [2.05, 4.69) is 40.4 Å². The predicted octanol–water partition coefficient (Wildman–Crippen LogP) is 3.51. The zero-order valence-electron chi connectivity index (χ0n) is 11.1. The van der Waals surface area contributed by atoms with Crippen LogP contribution in [0.2, 0.25) is 10.1 Å². The molecule has 2 atom stereocenters. The van der Waals surface area contributed by atoms with Crippen LogP contribution in [0.25, 0.3) is 0 Å². The Kier molecular flexibility index (Phi) is 3.66. The number of rotatable bonds is 2. The third-order valence-corrected chi connectivity index (χ3v) is 7.41. The molecule has 0 spiro atoms. The summed E-state index contributed by atoms with van der Waals surface area (Å²) in [5.41, 5.74) is -0.432. The third kappa shape index (κ3) is 1.90. The van der Waals surface area contributed by atoms with Gasteiger partial charge in [0.1, 0.15) is 0 Å². The number of hydrogen-bond acceptors (Lipinski definition) is 1. The van der Waals surface area contributed by atoms with Crippen molar-refractivity contribution in [3.05, 3.63) is 0 Å². The summed E-state index contributed by atoms with van der Waals surface area (Å²) < 4.78 is 0.0728. The van der Waals surface area contributed by atoms with Gasteiger partial charge in [-0.05, 0) is 0 Å². The van der Waals surface area contributed by atoms with Gasteiger partial charge in [-0.25, -0.2) is 0 Å². The zero-order valence-corrected chi connectivity index (χ0v) is 12.8. The Bertz CT molecular complexity index is 225. The van der Waals surface area contributed by atoms with Crippen LogP contribution >= 0.6 is 0 Å². The molecule has 0 aromatic carbocycles. The monoisotopic (exact) mass is 278 g/mol. The second kappa shape index (κ2) is 4.05. The molecule has 1 fully saturated rings. The van der Waals surface area contributed by atoms with Crippen LogP contribution in [0.4, 0.5) is 0 Å². The van der Waals surface area contributed by atoms with Crippen LogP contribution in [0.5, 0.6) is 0 Å². The van der Waals surface area contributed by atoms with E-state index >= 15 is 0 Å². The summed E-state index contributed by atoms with van der Waals surface area (Å²) in [6.07, 6.45) is 3.61. The summed E-state index contributed by atoms with van der Waals surface area (Å²) in [6, 6.07) is 0. The molecule has 0 radical (unpaired) electrons. The van der Waals surface area contributed by atoms with Crippen LogP contribution < -0.4 is 0 Å². The van der Waals surface area contributed by atoms with Gasteiger partial charge in [0.25, 0.3) is 0 Å². The molecule has 0 aromatic heterocycles. The summed E-state index contributed by atoms with van der Waals surface area (Å²) in [7, 11) is 0. The third-order valence-electron chi connectivity index (χ3n) is 4.61. The first-order valence-corrected chi connectivity index (χ1v) is 8.53. The molecule has 2 heteroatoms. The Morgan fingerprint density at radius 2 is 1.87 bits per heavy atom. The normalized spacial score (nSPS) is 36.6. The molecule has 0 amide bonds. The number of hydrogen-bond donors (Lipinski definition) is 1. The van der Waals surface area contributed by atoms with Crippen molar-refractivity contribution in [3.63, 3.8) is 0 Å². The van der Waals surface area contributed by atoms with Crippen LogP contribution in [0.15, 0.2) is 0 Å². The van der Waals surface area contributed by atoms with E-state index in [0.29, 0.717) is 20.9 Å². The summed E-state index contributed by atoms with van der Waals surface area (Å²) in [6.45, 7) is 11.2. The average molecular weight is 277 g/mol. The molecule has 1 N–H and O–H groups in total. The van der Waals surface area contributed by atoms with Crippen molar-refractivity contribution < 1.29 is 5.11 Å². The molecule has 90 valence electrons. The van der Waals surface area contributed by atoms with E-state index in [4.69, 9.17) is 0 Å². The summed E-state index contributed by atoms with van der Waals surface area (Å²) in [4.78, 5) is 0. The van der Waals surface area contributed by atoms with Crippen molar-refractivity contribution in [2.45, 2.75) is 69.6 Å². The molecule has 0 bridgehead atoms. The molecule has 15 heavy (non-hydrogen) atoms. The minimum absolute atomic E-state index is 0.0614. The zero-order chi connectivity index (χ0) is 11.9. The van der Waals surface area contributed by atoms with Crippen molar-refractivity contribution in [2.24, 2.45) is 11.3 Å². The molecule has 1 nitrogen and oxygen atoms in total. The van der Waals surface area contributed by atoms with Gasteiger partial charge in [-0.15, -0.1) is 0 Å². The Balaban J connectivity index is 3.14. The van der Waals surface area contributed by atoms with Crippen LogP contribution in [-0.2, 0) is 0 Å². The number of aliphatic hydroxyl groups is 1. The molecule has 0 unspecified atom stereocenters. The Morgan fingerprint density at radius 3 is 2.27 bits per heavy atom. The Hall–Kier alpha value is 0.479. The van der Waals surface area contributed by atoms with E-state index in [1.54, 1.807) is 0 Å². The van der Waals surface area contributed by atoms with Gasteiger partial charge in [0.15, 0.2) is 0 Å². The standard InChI is InChI=1S/C13H26OSe/c1-10-8-7-9-11(2,3)13(10,14)12(4,5)15-6/h10,14H,7-9H2,1-6H3/t10-,13-/m1/s1. The SMILES string of the molecule is C[Se]C(C)(C)[C@@]1(O)[C@H](C)CCCC1(C)C. The fourth-order valence-corrected chi connectivity index (χ4v) is 5.14. The maximum absolute atomic E-state index is 11.2. The van der Waals surface area contributed by atoms with Crippen molar-refractivity contribution in [1.29, 1.82) is 0 Å². The Labute approximate surface area is 101 Å². The van der Waals surface area contributed by atoms with E-state index in [0.717, 1.165) is 6.42 Å². The van der Waals surface area contributed by atoms with Gasteiger partial charge in [0.2, 0.25) is 0 Å². The van der Waals surface area contributed by atoms with Crippen molar-refractivity contribution in [2.75, 3.05) is 0 Å². The first kappa shape index (κ1) is 13.5. The van der Waals surface area contributed by atoms with Gasteiger partial charge in [-0.2, -0.15) is 0 Å². The van der Waals surface area contributed by atoms with Crippen LogP contribution in [0, 0.1) is 11.3 Å². The predicted molar refractivity (Wildman–Crippen MR) is 67.4 cm³/mol. The second-order valence-electron chi connectivity index (χ2n) is 6.16. The molecule has 0 heterocycles. The van der Waals surface area contributed by atoms with Gasteiger partial charge in [-0.3, -0.25) is 0 Å². The quantitative estimate of drug-likeness (QED) is 0.766. The van der Waals surface area contributed by atoms with Crippen molar-refractivity contribution >= 4 is 15.0 Å². The van der Waals surface area contributed by atoms with Gasteiger partial charge in [0, 0.05) is 0 Å². The van der Waals surface area contributed by atoms with Gasteiger partial charge in [-0.1, -0.05) is 0 Å². The summed E-state index contributed by atoms with van der Waals surface area (Å²) in [5, 5.41) is 11.2. The van der Waals surface area contributed by atoms with Crippen molar-refractivity contribution in [1.82, 2.24) is 0 Å². The molecule has 0 aromatic rings. The summed E-state index contributed by atoms with van der Waals surface area (Å²) >= 11 is 0.477. The fraction of sp³-hybridized carbons (Fsp3) is 1.00. The van der Waals surface area contributed by atoms with Crippen LogP contribution in [0.3, 0.4) is 0 Å². The van der Waals surface area contributed by atoms with Gasteiger partial charge < -0.3 is 0 Å². The first-order chi connectivity index (χ1) is 6.69. The molecule has 1 saturated carbocycles. The average Bonchev–Trinajstić information content (AvgIpc) is 2.13. The molecule has 1 aliphatic carbocycles. The molecular formula is C13H26OSe.